The van der Waals surface area contributed by atoms with Gasteiger partial charge in [-0.2, -0.15) is 18.9 Å². The number of pyridine rings is 1. The minimum atomic E-state index is -3.01. The van der Waals surface area contributed by atoms with E-state index in [1.165, 1.54) is 6.20 Å². The van der Waals surface area contributed by atoms with Gasteiger partial charge in [0.2, 0.25) is 11.7 Å². The number of amides is 1. The largest absolute Gasteiger partial charge is 0.378 e. The van der Waals surface area contributed by atoms with Gasteiger partial charge in [0, 0.05) is 31.4 Å². The van der Waals surface area contributed by atoms with Crippen LogP contribution in [0.15, 0.2) is 40.1 Å². The fourth-order valence-electron chi connectivity index (χ4n) is 5.28. The molecule has 224 valence electrons. The second-order valence-electron chi connectivity index (χ2n) is 11.9. The first kappa shape index (κ1) is 28.6. The summed E-state index contributed by atoms with van der Waals surface area (Å²) in [5, 5.41) is 11.7. The molecule has 0 aliphatic carbocycles. The average Bonchev–Trinajstić information content (AvgIpc) is 3.65. The van der Waals surface area contributed by atoms with Crippen molar-refractivity contribution in [3.05, 3.63) is 47.7 Å². The summed E-state index contributed by atoms with van der Waals surface area (Å²) in [6.07, 6.45) is 2.55. The van der Waals surface area contributed by atoms with Crippen molar-refractivity contribution in [2.24, 2.45) is 0 Å². The average molecular weight is 603 g/mol. The predicted octanol–water partition coefficient (Wildman–Crippen LogP) is 4.96. The highest BCUT2D eigenvalue weighted by molar-refractivity contribution is 8.00. The van der Waals surface area contributed by atoms with Gasteiger partial charge in [-0.15, -0.1) is 0 Å². The summed E-state index contributed by atoms with van der Waals surface area (Å²) in [6, 6.07) is 4.99. The predicted molar refractivity (Wildman–Crippen MR) is 153 cm³/mol. The molecule has 4 aromatic heterocycles. The van der Waals surface area contributed by atoms with Crippen LogP contribution in [0, 0.1) is 0 Å². The van der Waals surface area contributed by atoms with Gasteiger partial charge in [-0.25, -0.2) is 4.39 Å². The van der Waals surface area contributed by atoms with E-state index < -0.39 is 17.5 Å². The van der Waals surface area contributed by atoms with Crippen molar-refractivity contribution < 1.29 is 22.5 Å². The second kappa shape index (κ2) is 10.6. The number of nitrogens with one attached hydrogen (secondary N) is 2. The first-order chi connectivity index (χ1) is 19.9. The number of rotatable bonds is 6. The Morgan fingerprint density at radius 2 is 2.10 bits per heavy atom. The zero-order valence-corrected chi connectivity index (χ0v) is 24.6. The van der Waals surface area contributed by atoms with Crippen LogP contribution in [0.3, 0.4) is 0 Å². The molecule has 10 nitrogen and oxygen atoms in total. The van der Waals surface area contributed by atoms with E-state index in [-0.39, 0.29) is 47.6 Å². The van der Waals surface area contributed by atoms with Crippen molar-refractivity contribution in [2.45, 2.75) is 74.6 Å². The van der Waals surface area contributed by atoms with Gasteiger partial charge in [0.1, 0.15) is 6.17 Å². The Hall–Kier alpha value is -3.52. The molecule has 2 aliphatic heterocycles. The molecule has 0 spiro atoms. The van der Waals surface area contributed by atoms with Crippen molar-refractivity contribution in [3.8, 4) is 11.4 Å². The van der Waals surface area contributed by atoms with Crippen LogP contribution in [0.1, 0.15) is 55.6 Å². The van der Waals surface area contributed by atoms with Crippen LogP contribution in [-0.2, 0) is 18.5 Å². The number of halogens is 3. The number of piperidine rings is 1. The summed E-state index contributed by atoms with van der Waals surface area (Å²) in [5.74, 6) is -0.107. The highest BCUT2D eigenvalue weighted by Gasteiger charge is 2.37. The first-order valence-electron chi connectivity index (χ1n) is 13.9. The maximum atomic E-state index is 14.9. The summed E-state index contributed by atoms with van der Waals surface area (Å²) in [4.78, 5) is 19.0. The zero-order chi connectivity index (χ0) is 29.8. The molecule has 2 atom stereocenters. The van der Waals surface area contributed by atoms with Crippen LogP contribution in [0.4, 0.5) is 18.9 Å². The molecule has 0 unspecified atom stereocenters. The third-order valence-electron chi connectivity index (χ3n) is 7.61. The van der Waals surface area contributed by atoms with Crippen LogP contribution in [-0.4, -0.2) is 72.7 Å². The number of nitrogens with zero attached hydrogens (tertiary/aromatic N) is 6. The number of carbonyl (C=O) groups is 1. The van der Waals surface area contributed by atoms with Crippen molar-refractivity contribution >= 4 is 28.9 Å². The van der Waals surface area contributed by atoms with Crippen molar-refractivity contribution in [3.63, 3.8) is 0 Å². The van der Waals surface area contributed by atoms with E-state index in [0.717, 1.165) is 6.54 Å². The third kappa shape index (κ3) is 5.61. The Balaban J connectivity index is 1.28. The SMILES string of the molecule is CN1CC[C@@H](Nc2ccc3n4c(c(-c5noc(CNC(=O)c6cnn(C(C)(C)C)c6)n5)cc24)SC(F)(F)CC3)[C@@H](F)C1. The molecule has 6 rings (SSSR count). The molecule has 0 bridgehead atoms. The van der Waals surface area contributed by atoms with Gasteiger partial charge in [0.25, 0.3) is 11.2 Å². The molecule has 0 aromatic carbocycles. The highest BCUT2D eigenvalue weighted by Crippen LogP contribution is 2.48. The lowest BCUT2D eigenvalue weighted by Crippen LogP contribution is -2.46. The standard InChI is InChI=1S/C28H33F3N8O2S/c1-27(2,3)38-14-16(12-33-38)25(40)32-13-23-35-24(36-41-23)18-11-22-21(34-20-8-10-37(4)15-19(20)29)6-5-17-7-9-28(30,31)42-26(18)39(17)22/h5-6,11-12,14,19-20,34H,7-10,13,15H2,1-4H3,(H,32,40)/t19-,20+/m0/s1. The monoisotopic (exact) mass is 602 g/mol. The molecule has 4 aromatic rings. The van der Waals surface area contributed by atoms with Crippen LogP contribution in [0.5, 0.6) is 0 Å². The Morgan fingerprint density at radius 3 is 2.83 bits per heavy atom. The summed E-state index contributed by atoms with van der Waals surface area (Å²) < 4.78 is 53.6. The lowest BCUT2D eigenvalue weighted by Gasteiger charge is -2.33. The maximum absolute atomic E-state index is 14.9. The third-order valence-corrected chi connectivity index (χ3v) is 8.70. The topological polar surface area (TPSA) is 106 Å². The van der Waals surface area contributed by atoms with Crippen LogP contribution in [0.2, 0.25) is 0 Å². The molecule has 0 saturated carbocycles. The fourth-order valence-corrected chi connectivity index (χ4v) is 6.33. The van der Waals surface area contributed by atoms with Crippen molar-refractivity contribution in [1.29, 1.82) is 0 Å². The number of likely N-dealkylation sites (tertiary alicyclic amines) is 1. The maximum Gasteiger partial charge on any atom is 0.299 e. The molecular weight excluding hydrogens is 569 g/mol. The van der Waals surface area contributed by atoms with Gasteiger partial charge in [-0.05, 0) is 70.6 Å². The summed E-state index contributed by atoms with van der Waals surface area (Å²) in [7, 11) is 1.89. The Kier molecular flexibility index (Phi) is 7.24. The van der Waals surface area contributed by atoms with Gasteiger partial charge in [0.15, 0.2) is 0 Å². The number of carbonyl (C=O) groups excluding carboxylic acids is 1. The molecule has 14 heteroatoms. The minimum absolute atomic E-state index is 0.0510. The normalized spacial score (nSPS) is 20.9. The van der Waals surface area contributed by atoms with E-state index >= 15 is 0 Å². The number of aryl methyl sites for hydroxylation is 1. The number of anilines is 1. The molecule has 1 fully saturated rings. The highest BCUT2D eigenvalue weighted by atomic mass is 32.2. The summed E-state index contributed by atoms with van der Waals surface area (Å²) in [6.45, 7) is 6.96. The fraction of sp³-hybridized carbons (Fsp3) is 0.500. The van der Waals surface area contributed by atoms with E-state index in [1.807, 2.05) is 44.9 Å². The molecule has 2 aliphatic rings. The molecule has 42 heavy (non-hydrogen) atoms. The van der Waals surface area contributed by atoms with Gasteiger partial charge in [-0.3, -0.25) is 9.48 Å². The first-order valence-corrected chi connectivity index (χ1v) is 14.7. The number of hydrogen-bond acceptors (Lipinski definition) is 8. The van der Waals surface area contributed by atoms with E-state index in [9.17, 15) is 18.0 Å². The molecule has 1 saturated heterocycles. The Bertz CT molecular complexity index is 1620. The number of hydrogen-bond donors (Lipinski definition) is 2. The molecule has 2 N–H and O–H groups in total. The quantitative estimate of drug-likeness (QED) is 0.319. The molecule has 6 heterocycles. The molecule has 0 radical (unpaired) electrons. The van der Waals surface area contributed by atoms with Crippen molar-refractivity contribution in [1.82, 2.24) is 34.5 Å². The number of aromatic nitrogens is 5. The summed E-state index contributed by atoms with van der Waals surface area (Å²) in [5.41, 5.74) is 2.50. The minimum Gasteiger partial charge on any atom is -0.378 e. The van der Waals surface area contributed by atoms with Crippen LogP contribution >= 0.6 is 11.8 Å². The van der Waals surface area contributed by atoms with E-state index in [1.54, 1.807) is 21.3 Å². The smallest absolute Gasteiger partial charge is 0.299 e. The Morgan fingerprint density at radius 1 is 1.29 bits per heavy atom. The van der Waals surface area contributed by atoms with E-state index in [2.05, 4.69) is 25.9 Å². The van der Waals surface area contributed by atoms with Crippen LogP contribution < -0.4 is 10.6 Å². The van der Waals surface area contributed by atoms with Gasteiger partial charge in [0.05, 0.1) is 51.7 Å². The zero-order valence-electron chi connectivity index (χ0n) is 23.8. The summed E-state index contributed by atoms with van der Waals surface area (Å²) >= 11 is 0.461. The van der Waals surface area contributed by atoms with E-state index in [0.29, 0.717) is 52.8 Å². The molecular formula is C28H33F3N8O2S. The number of alkyl halides is 3. The van der Waals surface area contributed by atoms with Crippen LogP contribution in [0.25, 0.3) is 16.9 Å². The second-order valence-corrected chi connectivity index (χ2v) is 13.1. The lowest BCUT2D eigenvalue weighted by molar-refractivity contribution is 0.0944. The van der Waals surface area contributed by atoms with E-state index in [4.69, 9.17) is 4.52 Å². The Labute approximate surface area is 245 Å². The van der Waals surface area contributed by atoms with Gasteiger partial charge in [-0.1, -0.05) is 5.16 Å². The van der Waals surface area contributed by atoms with Gasteiger partial charge < -0.3 is 24.5 Å². The van der Waals surface area contributed by atoms with Gasteiger partial charge >= 0.3 is 0 Å². The number of thioether (sulfide) groups is 1. The van der Waals surface area contributed by atoms with Crippen molar-refractivity contribution in [2.75, 3.05) is 25.5 Å². The lowest BCUT2D eigenvalue weighted by atomic mass is 10.0. The molecule has 1 amide bonds.